The molecule has 1 saturated heterocycles. The van der Waals surface area contributed by atoms with Gasteiger partial charge in [0.1, 0.15) is 0 Å². The molecule has 0 aromatic rings. The molecule has 0 unspecified atom stereocenters. The van der Waals surface area contributed by atoms with Crippen molar-refractivity contribution in [3.63, 3.8) is 0 Å². The molecule has 0 aromatic carbocycles. The first kappa shape index (κ1) is 17.0. The topological polar surface area (TPSA) is 49.6 Å². The Morgan fingerprint density at radius 2 is 1.68 bits per heavy atom. The monoisotopic (exact) mass is 309 g/mol. The van der Waals surface area contributed by atoms with Gasteiger partial charge in [-0.1, -0.05) is 0 Å². The second kappa shape index (κ2) is 6.61. The summed E-state index contributed by atoms with van der Waals surface area (Å²) < 4.78 is 0. The Morgan fingerprint density at radius 1 is 1.11 bits per heavy atom. The molecule has 2 saturated carbocycles. The van der Waals surface area contributed by atoms with Gasteiger partial charge in [0.15, 0.2) is 0 Å². The van der Waals surface area contributed by atoms with Gasteiger partial charge >= 0.3 is 0 Å². The molecule has 112 valence electrons. The van der Waals surface area contributed by atoms with E-state index in [9.17, 15) is 4.79 Å². The van der Waals surface area contributed by atoms with Gasteiger partial charge in [0.05, 0.1) is 5.54 Å². The van der Waals surface area contributed by atoms with Crippen LogP contribution in [0.5, 0.6) is 0 Å². The van der Waals surface area contributed by atoms with Crippen LogP contribution in [0.4, 0.5) is 0 Å². The van der Waals surface area contributed by atoms with Crippen molar-refractivity contribution < 1.29 is 4.79 Å². The van der Waals surface area contributed by atoms with Crippen LogP contribution >= 0.6 is 24.8 Å². The van der Waals surface area contributed by atoms with Gasteiger partial charge in [-0.05, 0) is 38.0 Å². The van der Waals surface area contributed by atoms with Crippen LogP contribution < -0.4 is 5.73 Å². The van der Waals surface area contributed by atoms with Gasteiger partial charge in [-0.2, -0.15) is 0 Å². The van der Waals surface area contributed by atoms with Crippen molar-refractivity contribution in [3.8, 4) is 0 Å². The normalized spacial score (nSPS) is 25.8. The molecule has 6 heteroatoms. The van der Waals surface area contributed by atoms with Crippen LogP contribution in [-0.2, 0) is 4.79 Å². The third kappa shape index (κ3) is 3.75. The summed E-state index contributed by atoms with van der Waals surface area (Å²) >= 11 is 0. The van der Waals surface area contributed by atoms with E-state index in [4.69, 9.17) is 5.73 Å². The molecule has 4 nitrogen and oxygen atoms in total. The summed E-state index contributed by atoms with van der Waals surface area (Å²) in [5, 5.41) is 0. The van der Waals surface area contributed by atoms with E-state index in [1.54, 1.807) is 0 Å². The number of hydrogen-bond acceptors (Lipinski definition) is 3. The highest BCUT2D eigenvalue weighted by atomic mass is 35.5. The summed E-state index contributed by atoms with van der Waals surface area (Å²) in [5.41, 5.74) is 5.60. The molecule has 3 fully saturated rings. The molecule has 0 bridgehead atoms. The smallest absolute Gasteiger partial charge is 0.242 e. The lowest BCUT2D eigenvalue weighted by Gasteiger charge is -2.43. The third-order valence-corrected chi connectivity index (χ3v) is 4.54. The number of rotatable bonds is 3. The van der Waals surface area contributed by atoms with E-state index in [2.05, 4.69) is 4.90 Å². The Bertz CT molecular complexity index is 311. The number of carbonyl (C=O) groups excluding carboxylic acids is 1. The Morgan fingerprint density at radius 3 is 2.11 bits per heavy atom. The fraction of sp³-hybridized carbons (Fsp3) is 0.923. The lowest BCUT2D eigenvalue weighted by Crippen LogP contribution is -2.62. The largest absolute Gasteiger partial charge is 0.339 e. The molecular formula is C13H25Cl2N3O. The van der Waals surface area contributed by atoms with Gasteiger partial charge in [-0.3, -0.25) is 9.69 Å². The van der Waals surface area contributed by atoms with Crippen LogP contribution in [0.15, 0.2) is 0 Å². The van der Waals surface area contributed by atoms with Crippen molar-refractivity contribution in [2.45, 2.75) is 37.6 Å². The molecule has 0 aromatic heterocycles. The van der Waals surface area contributed by atoms with Crippen LogP contribution in [0.1, 0.15) is 32.1 Å². The van der Waals surface area contributed by atoms with E-state index in [0.29, 0.717) is 0 Å². The summed E-state index contributed by atoms with van der Waals surface area (Å²) in [5.74, 6) is 1.15. The predicted molar refractivity (Wildman–Crippen MR) is 81.0 cm³/mol. The van der Waals surface area contributed by atoms with Gasteiger partial charge in [0.2, 0.25) is 5.91 Å². The van der Waals surface area contributed by atoms with Crippen molar-refractivity contribution in [1.29, 1.82) is 0 Å². The van der Waals surface area contributed by atoms with Crippen LogP contribution in [0.2, 0.25) is 0 Å². The molecule has 0 spiro atoms. The minimum Gasteiger partial charge on any atom is -0.339 e. The number of carbonyl (C=O) groups is 1. The number of halogens is 2. The molecule has 1 aliphatic heterocycles. The molecule has 0 radical (unpaired) electrons. The van der Waals surface area contributed by atoms with Crippen molar-refractivity contribution >= 4 is 30.7 Å². The molecule has 2 aliphatic carbocycles. The molecule has 3 aliphatic rings. The van der Waals surface area contributed by atoms with Crippen molar-refractivity contribution in [1.82, 2.24) is 9.80 Å². The summed E-state index contributed by atoms with van der Waals surface area (Å²) in [4.78, 5) is 16.7. The first-order valence-corrected chi connectivity index (χ1v) is 6.98. The lowest BCUT2D eigenvalue weighted by molar-refractivity contribution is -0.142. The third-order valence-electron chi connectivity index (χ3n) is 4.54. The molecule has 19 heavy (non-hydrogen) atoms. The average molecular weight is 310 g/mol. The minimum absolute atomic E-state index is 0. The lowest BCUT2D eigenvalue weighted by atomic mass is 9.76. The molecule has 0 atom stereocenters. The summed E-state index contributed by atoms with van der Waals surface area (Å²) in [6, 6.07) is 0. The zero-order valence-electron chi connectivity index (χ0n) is 11.3. The van der Waals surface area contributed by atoms with Gasteiger partial charge < -0.3 is 10.6 Å². The van der Waals surface area contributed by atoms with Crippen LogP contribution in [0.25, 0.3) is 0 Å². The van der Waals surface area contributed by atoms with Gasteiger partial charge in [-0.25, -0.2) is 0 Å². The second-order valence-corrected chi connectivity index (χ2v) is 6.05. The van der Waals surface area contributed by atoms with E-state index < -0.39 is 5.54 Å². The highest BCUT2D eigenvalue weighted by Gasteiger charge is 2.43. The Labute approximate surface area is 127 Å². The first-order chi connectivity index (χ1) is 8.17. The van der Waals surface area contributed by atoms with E-state index in [1.807, 2.05) is 4.90 Å². The fourth-order valence-electron chi connectivity index (χ4n) is 2.89. The fourth-order valence-corrected chi connectivity index (χ4v) is 2.89. The van der Waals surface area contributed by atoms with Gasteiger partial charge in [0, 0.05) is 32.7 Å². The van der Waals surface area contributed by atoms with Crippen LogP contribution in [0.3, 0.4) is 0 Å². The molecule has 1 amide bonds. The predicted octanol–water partition coefficient (Wildman–Crippen LogP) is 1.27. The zero-order chi connectivity index (χ0) is 11.9. The van der Waals surface area contributed by atoms with E-state index in [-0.39, 0.29) is 30.7 Å². The molecule has 1 heterocycles. The standard InChI is InChI=1S/C13H23N3O.2ClH/c14-13(4-1-5-13)12(17)16-8-6-15(7-9-16)10-11-2-3-11;;/h11H,1-10,14H2;2*1H. The van der Waals surface area contributed by atoms with E-state index >= 15 is 0 Å². The number of hydrogen-bond donors (Lipinski definition) is 1. The van der Waals surface area contributed by atoms with Crippen LogP contribution in [-0.4, -0.2) is 54.0 Å². The van der Waals surface area contributed by atoms with Gasteiger partial charge in [0.25, 0.3) is 0 Å². The zero-order valence-corrected chi connectivity index (χ0v) is 13.0. The SMILES string of the molecule is Cl.Cl.NC1(C(=O)N2CCN(CC3CC3)CC2)CCC1. The van der Waals surface area contributed by atoms with E-state index in [1.165, 1.54) is 19.4 Å². The van der Waals surface area contributed by atoms with E-state index in [0.717, 1.165) is 51.4 Å². The molecule has 2 N–H and O–H groups in total. The Hall–Kier alpha value is -0.0300. The highest BCUT2D eigenvalue weighted by molar-refractivity contribution is 5.87. The second-order valence-electron chi connectivity index (χ2n) is 6.05. The van der Waals surface area contributed by atoms with Crippen molar-refractivity contribution in [2.75, 3.05) is 32.7 Å². The number of amides is 1. The average Bonchev–Trinajstić information content (AvgIpc) is 3.10. The molecular weight excluding hydrogens is 285 g/mol. The summed E-state index contributed by atoms with van der Waals surface area (Å²) in [6.45, 7) is 5.08. The maximum Gasteiger partial charge on any atom is 0.242 e. The number of nitrogens with two attached hydrogens (primary N) is 1. The first-order valence-electron chi connectivity index (χ1n) is 6.98. The molecule has 3 rings (SSSR count). The number of piperazine rings is 1. The maximum atomic E-state index is 12.2. The summed E-state index contributed by atoms with van der Waals surface area (Å²) in [7, 11) is 0. The van der Waals surface area contributed by atoms with Crippen molar-refractivity contribution in [3.05, 3.63) is 0 Å². The minimum atomic E-state index is -0.501. The van der Waals surface area contributed by atoms with Crippen molar-refractivity contribution in [2.24, 2.45) is 11.7 Å². The Kier molecular flexibility index (Phi) is 5.93. The Balaban J connectivity index is 0.000000902. The summed E-state index contributed by atoms with van der Waals surface area (Å²) in [6.07, 6.45) is 5.70. The maximum absolute atomic E-state index is 12.2. The van der Waals surface area contributed by atoms with Gasteiger partial charge in [-0.15, -0.1) is 24.8 Å². The number of nitrogens with zero attached hydrogens (tertiary/aromatic N) is 2. The quantitative estimate of drug-likeness (QED) is 0.854. The highest BCUT2D eigenvalue weighted by Crippen LogP contribution is 2.32. The van der Waals surface area contributed by atoms with Crippen LogP contribution in [0, 0.1) is 5.92 Å².